The minimum Gasteiger partial charge on any atom is -0.478 e. The second kappa shape index (κ2) is 5.92. The predicted octanol–water partition coefficient (Wildman–Crippen LogP) is 1.32. The standard InChI is InChI=1S/C11H17N3O3S/c1-5(2)7(4-12)9(15)13-10-8(11(16)17)6(3)14-18-10/h5,7H,4,12H2,1-3H3,(H,13,15)(H,16,17). The fraction of sp³-hybridized carbons (Fsp3) is 0.545. The Morgan fingerprint density at radius 2 is 2.11 bits per heavy atom. The first-order valence-corrected chi connectivity index (χ1v) is 6.36. The third-order valence-corrected chi connectivity index (χ3v) is 3.56. The maximum Gasteiger partial charge on any atom is 0.340 e. The monoisotopic (exact) mass is 271 g/mol. The zero-order chi connectivity index (χ0) is 13.9. The van der Waals surface area contributed by atoms with Gasteiger partial charge in [0.05, 0.1) is 11.6 Å². The summed E-state index contributed by atoms with van der Waals surface area (Å²) in [5, 5.41) is 11.9. The normalized spacial score (nSPS) is 12.5. The topological polar surface area (TPSA) is 105 Å². The fourth-order valence-electron chi connectivity index (χ4n) is 1.59. The van der Waals surface area contributed by atoms with Crippen LogP contribution >= 0.6 is 11.5 Å². The smallest absolute Gasteiger partial charge is 0.340 e. The van der Waals surface area contributed by atoms with Crippen LogP contribution in [0.2, 0.25) is 0 Å². The Bertz CT molecular complexity index is 456. The maximum absolute atomic E-state index is 12.0. The van der Waals surface area contributed by atoms with Gasteiger partial charge in [-0.05, 0) is 24.4 Å². The summed E-state index contributed by atoms with van der Waals surface area (Å²) in [6.07, 6.45) is 0. The first-order chi connectivity index (χ1) is 8.38. The van der Waals surface area contributed by atoms with Crippen molar-refractivity contribution in [2.75, 3.05) is 11.9 Å². The average molecular weight is 271 g/mol. The van der Waals surface area contributed by atoms with Crippen molar-refractivity contribution in [2.24, 2.45) is 17.6 Å². The van der Waals surface area contributed by atoms with Gasteiger partial charge >= 0.3 is 5.97 Å². The Balaban J connectivity index is 2.91. The van der Waals surface area contributed by atoms with Gasteiger partial charge in [0.25, 0.3) is 0 Å². The third kappa shape index (κ3) is 3.05. The molecular weight excluding hydrogens is 254 g/mol. The first kappa shape index (κ1) is 14.6. The Kier molecular flexibility index (Phi) is 4.80. The van der Waals surface area contributed by atoms with Crippen molar-refractivity contribution < 1.29 is 14.7 Å². The highest BCUT2D eigenvalue weighted by Gasteiger charge is 2.24. The lowest BCUT2D eigenvalue weighted by Gasteiger charge is -2.17. The van der Waals surface area contributed by atoms with Gasteiger partial charge in [-0.15, -0.1) is 0 Å². The molecule has 1 atom stereocenters. The van der Waals surface area contributed by atoms with E-state index >= 15 is 0 Å². The zero-order valence-electron chi connectivity index (χ0n) is 10.6. The number of rotatable bonds is 5. The summed E-state index contributed by atoms with van der Waals surface area (Å²) in [5.74, 6) is -1.60. The molecule has 0 saturated heterocycles. The van der Waals surface area contributed by atoms with E-state index in [1.165, 1.54) is 0 Å². The number of carbonyl (C=O) groups excluding carboxylic acids is 1. The van der Waals surface area contributed by atoms with E-state index in [-0.39, 0.29) is 34.9 Å². The van der Waals surface area contributed by atoms with Gasteiger partial charge in [0.2, 0.25) is 5.91 Å². The van der Waals surface area contributed by atoms with Crippen LogP contribution in [-0.2, 0) is 4.79 Å². The van der Waals surface area contributed by atoms with Gasteiger partial charge in [-0.2, -0.15) is 4.37 Å². The molecule has 0 aromatic carbocycles. The van der Waals surface area contributed by atoms with Gasteiger partial charge in [-0.25, -0.2) is 4.79 Å². The molecule has 0 spiro atoms. The number of aromatic nitrogens is 1. The summed E-state index contributed by atoms with van der Waals surface area (Å²) in [4.78, 5) is 23.0. The van der Waals surface area contributed by atoms with Crippen molar-refractivity contribution in [2.45, 2.75) is 20.8 Å². The minimum atomic E-state index is -1.09. The lowest BCUT2D eigenvalue weighted by atomic mass is 9.95. The SMILES string of the molecule is Cc1nsc(NC(=O)C(CN)C(C)C)c1C(=O)O. The molecular formula is C11H17N3O3S. The van der Waals surface area contributed by atoms with Crippen LogP contribution in [0.15, 0.2) is 0 Å². The Morgan fingerprint density at radius 1 is 1.50 bits per heavy atom. The molecule has 0 aliphatic heterocycles. The molecule has 0 saturated carbocycles. The van der Waals surface area contributed by atoms with E-state index in [1.54, 1.807) is 6.92 Å². The van der Waals surface area contributed by atoms with Crippen LogP contribution in [0.5, 0.6) is 0 Å². The fourth-order valence-corrected chi connectivity index (χ4v) is 2.39. The number of nitrogens with two attached hydrogens (primary N) is 1. The number of aryl methyl sites for hydroxylation is 1. The zero-order valence-corrected chi connectivity index (χ0v) is 11.4. The number of nitrogens with zero attached hydrogens (tertiary/aromatic N) is 1. The molecule has 18 heavy (non-hydrogen) atoms. The largest absolute Gasteiger partial charge is 0.478 e. The van der Waals surface area contributed by atoms with Crippen molar-refractivity contribution in [3.63, 3.8) is 0 Å². The van der Waals surface area contributed by atoms with Crippen LogP contribution in [0, 0.1) is 18.8 Å². The van der Waals surface area contributed by atoms with Crippen molar-refractivity contribution in [1.82, 2.24) is 4.37 Å². The number of nitrogens with one attached hydrogen (secondary N) is 1. The molecule has 1 unspecified atom stereocenters. The Morgan fingerprint density at radius 3 is 2.56 bits per heavy atom. The highest BCUT2D eigenvalue weighted by Crippen LogP contribution is 2.25. The highest BCUT2D eigenvalue weighted by molar-refractivity contribution is 7.11. The molecule has 0 radical (unpaired) electrons. The van der Waals surface area contributed by atoms with Crippen LogP contribution in [0.3, 0.4) is 0 Å². The van der Waals surface area contributed by atoms with Crippen molar-refractivity contribution >= 4 is 28.4 Å². The highest BCUT2D eigenvalue weighted by atomic mass is 32.1. The maximum atomic E-state index is 12.0. The summed E-state index contributed by atoms with van der Waals surface area (Å²) in [5.41, 5.74) is 5.99. The van der Waals surface area contributed by atoms with Gasteiger partial charge in [-0.3, -0.25) is 4.79 Å². The van der Waals surface area contributed by atoms with E-state index in [1.807, 2.05) is 13.8 Å². The molecule has 1 aromatic heterocycles. The van der Waals surface area contributed by atoms with E-state index in [0.29, 0.717) is 5.69 Å². The number of carboxylic acids is 1. The number of hydrogen-bond acceptors (Lipinski definition) is 5. The lowest BCUT2D eigenvalue weighted by molar-refractivity contribution is -0.120. The number of amides is 1. The van der Waals surface area contributed by atoms with Crippen LogP contribution in [0.1, 0.15) is 29.9 Å². The van der Waals surface area contributed by atoms with Crippen LogP contribution in [0.4, 0.5) is 5.00 Å². The average Bonchev–Trinajstić information content (AvgIpc) is 2.59. The first-order valence-electron chi connectivity index (χ1n) is 5.59. The summed E-state index contributed by atoms with van der Waals surface area (Å²) < 4.78 is 3.94. The molecule has 0 bridgehead atoms. The molecule has 0 aliphatic rings. The van der Waals surface area contributed by atoms with Gasteiger partial charge < -0.3 is 16.2 Å². The molecule has 1 aromatic rings. The molecule has 6 nitrogen and oxygen atoms in total. The number of carboxylic acid groups (broad SMARTS) is 1. The molecule has 1 heterocycles. The lowest BCUT2D eigenvalue weighted by Crippen LogP contribution is -2.33. The van der Waals surface area contributed by atoms with E-state index < -0.39 is 5.97 Å². The number of aromatic carboxylic acids is 1. The summed E-state index contributed by atoms with van der Waals surface area (Å²) >= 11 is 0.969. The Labute approximate surface area is 109 Å². The van der Waals surface area contributed by atoms with Gasteiger partial charge in [0.1, 0.15) is 10.6 Å². The third-order valence-electron chi connectivity index (χ3n) is 2.71. The number of hydrogen-bond donors (Lipinski definition) is 3. The van der Waals surface area contributed by atoms with E-state index in [2.05, 4.69) is 9.69 Å². The second-order valence-electron chi connectivity index (χ2n) is 4.35. The number of carbonyl (C=O) groups is 2. The van der Waals surface area contributed by atoms with Gasteiger partial charge in [-0.1, -0.05) is 13.8 Å². The van der Waals surface area contributed by atoms with Gasteiger partial charge in [0.15, 0.2) is 0 Å². The molecule has 7 heteroatoms. The van der Waals surface area contributed by atoms with Crippen molar-refractivity contribution in [3.05, 3.63) is 11.3 Å². The van der Waals surface area contributed by atoms with Crippen molar-refractivity contribution in [3.8, 4) is 0 Å². The van der Waals surface area contributed by atoms with E-state index in [9.17, 15) is 9.59 Å². The van der Waals surface area contributed by atoms with Crippen LogP contribution in [-0.4, -0.2) is 27.9 Å². The summed E-state index contributed by atoms with van der Waals surface area (Å²) in [7, 11) is 0. The molecule has 1 rings (SSSR count). The van der Waals surface area contributed by atoms with Crippen LogP contribution in [0.25, 0.3) is 0 Å². The van der Waals surface area contributed by atoms with Crippen molar-refractivity contribution in [1.29, 1.82) is 0 Å². The molecule has 100 valence electrons. The second-order valence-corrected chi connectivity index (χ2v) is 5.13. The minimum absolute atomic E-state index is 0.0490. The van der Waals surface area contributed by atoms with E-state index in [4.69, 9.17) is 10.8 Å². The molecule has 0 aliphatic carbocycles. The summed E-state index contributed by atoms with van der Waals surface area (Å²) in [6, 6.07) is 0. The molecule has 4 N–H and O–H groups in total. The van der Waals surface area contributed by atoms with Gasteiger partial charge in [0, 0.05) is 6.54 Å². The predicted molar refractivity (Wildman–Crippen MR) is 69.8 cm³/mol. The van der Waals surface area contributed by atoms with E-state index in [0.717, 1.165) is 11.5 Å². The Hall–Kier alpha value is -1.47. The molecule has 0 fully saturated rings. The quantitative estimate of drug-likeness (QED) is 0.749. The molecule has 1 amide bonds. The summed E-state index contributed by atoms with van der Waals surface area (Å²) in [6.45, 7) is 5.61. The number of anilines is 1. The van der Waals surface area contributed by atoms with Crippen LogP contribution < -0.4 is 11.1 Å².